The van der Waals surface area contributed by atoms with Crippen molar-refractivity contribution in [3.63, 3.8) is 0 Å². The number of nitrogen functional groups attached to an aromatic ring is 1. The molecule has 29 heavy (non-hydrogen) atoms. The molecule has 1 aromatic carbocycles. The fraction of sp³-hybridized carbons (Fsp3) is 0.294. The first-order valence-electron chi connectivity index (χ1n) is 8.38. The fourth-order valence-corrected chi connectivity index (χ4v) is 2.34. The number of aliphatic hydroxyl groups is 1. The number of amides is 1. The van der Waals surface area contributed by atoms with Crippen molar-refractivity contribution >= 4 is 33.5 Å². The molecule has 1 heterocycles. The van der Waals surface area contributed by atoms with Crippen molar-refractivity contribution < 1.29 is 32.4 Å². The number of carboxylic acid groups (broad SMARTS) is 1. The number of nitrogens with one attached hydrogen (secondary N) is 1. The van der Waals surface area contributed by atoms with Crippen molar-refractivity contribution in [1.29, 1.82) is 0 Å². The normalized spacial score (nSPS) is 10.6. The van der Waals surface area contributed by atoms with Gasteiger partial charge in [0, 0.05) is 13.1 Å². The third kappa shape index (κ3) is 8.72. The first-order valence-corrected chi connectivity index (χ1v) is 9.99. The summed E-state index contributed by atoms with van der Waals surface area (Å²) in [6.07, 6.45) is -1.08. The van der Waals surface area contributed by atoms with Crippen LogP contribution in [0.25, 0.3) is 0 Å². The van der Waals surface area contributed by atoms with Gasteiger partial charge in [0.05, 0.1) is 18.0 Å². The average molecular weight is 430 g/mol. The van der Waals surface area contributed by atoms with Crippen LogP contribution in [0.15, 0.2) is 36.4 Å². The summed E-state index contributed by atoms with van der Waals surface area (Å²) in [5, 5.41) is 20.0. The van der Waals surface area contributed by atoms with Crippen LogP contribution in [0.5, 0.6) is 0 Å². The Labute approximate surface area is 167 Å². The van der Waals surface area contributed by atoms with Gasteiger partial charge in [-0.3, -0.25) is 9.45 Å². The molecule has 1 amide bonds. The van der Waals surface area contributed by atoms with Gasteiger partial charge in [-0.2, -0.15) is 8.42 Å². The molecule has 12 heteroatoms. The number of nitrogens with zero attached hydrogens (tertiary/aromatic N) is 2. The maximum atomic E-state index is 12.8. The minimum Gasteiger partial charge on any atom is -0.465 e. The second-order valence-corrected chi connectivity index (χ2v) is 7.19. The van der Waals surface area contributed by atoms with E-state index in [0.29, 0.717) is 18.1 Å². The van der Waals surface area contributed by atoms with E-state index in [9.17, 15) is 17.6 Å². The maximum Gasteiger partial charge on any atom is 0.411 e. The number of anilines is 3. The van der Waals surface area contributed by atoms with Crippen molar-refractivity contribution in [3.8, 4) is 0 Å². The van der Waals surface area contributed by atoms with E-state index in [0.717, 1.165) is 10.5 Å². The van der Waals surface area contributed by atoms with Gasteiger partial charge in [-0.05, 0) is 36.8 Å². The molecule has 0 atom stereocenters. The number of halogens is 1. The number of pyridine rings is 1. The second-order valence-electron chi connectivity index (χ2n) is 5.62. The Morgan fingerprint density at radius 3 is 2.28 bits per heavy atom. The number of benzene rings is 1. The molecule has 0 aliphatic heterocycles. The third-order valence-corrected chi connectivity index (χ3v) is 4.17. The zero-order valence-electron chi connectivity index (χ0n) is 15.6. The molecule has 0 spiro atoms. The summed E-state index contributed by atoms with van der Waals surface area (Å²) in [6.45, 7) is 1.93. The maximum absolute atomic E-state index is 12.8. The monoisotopic (exact) mass is 430 g/mol. The van der Waals surface area contributed by atoms with Crippen LogP contribution in [0.2, 0.25) is 0 Å². The summed E-state index contributed by atoms with van der Waals surface area (Å²) in [6, 6.07) is 9.36. The molecular formula is C17H23FN4O6S. The highest BCUT2D eigenvalue weighted by Gasteiger charge is 2.15. The summed E-state index contributed by atoms with van der Waals surface area (Å²) < 4.78 is 39.9. The number of hydrogen-bond donors (Lipinski definition) is 5. The molecule has 0 aliphatic rings. The molecule has 0 radical (unpaired) electrons. The lowest BCUT2D eigenvalue weighted by Gasteiger charge is -2.19. The van der Waals surface area contributed by atoms with Crippen LogP contribution < -0.4 is 16.0 Å². The number of rotatable bonds is 7. The highest BCUT2D eigenvalue weighted by molar-refractivity contribution is 7.85. The van der Waals surface area contributed by atoms with Gasteiger partial charge >= 0.3 is 6.09 Å². The number of nitrogens with two attached hydrogens (primary N) is 1. The zero-order valence-corrected chi connectivity index (χ0v) is 16.4. The van der Waals surface area contributed by atoms with E-state index in [1.807, 2.05) is 0 Å². The standard InChI is InChI=1S/C15H17FN4O2.C2H6O4S/c1-2-20(15(21)22)12-7-8-13(19-14(12)17)18-9-10-3-5-11(16)6-4-10;3-1-2-7(4,5)6/h3-8H,2,9H2,1H3,(H,21,22)(H3,17,18,19);3H,1-2H2,(H,4,5,6). The lowest BCUT2D eigenvalue weighted by atomic mass is 10.2. The van der Waals surface area contributed by atoms with Crippen LogP contribution in [-0.4, -0.2) is 53.2 Å². The molecular weight excluding hydrogens is 407 g/mol. The van der Waals surface area contributed by atoms with Gasteiger partial charge in [-0.1, -0.05) is 12.1 Å². The van der Waals surface area contributed by atoms with Crippen molar-refractivity contribution in [2.45, 2.75) is 13.5 Å². The molecule has 0 saturated heterocycles. The van der Waals surface area contributed by atoms with Crippen LogP contribution in [0, 0.1) is 5.82 Å². The van der Waals surface area contributed by atoms with Gasteiger partial charge in [-0.15, -0.1) is 0 Å². The lowest BCUT2D eigenvalue weighted by molar-refractivity contribution is 0.202. The summed E-state index contributed by atoms with van der Waals surface area (Å²) in [5.74, 6) is -0.211. The van der Waals surface area contributed by atoms with Crippen LogP contribution >= 0.6 is 0 Å². The highest BCUT2D eigenvalue weighted by Crippen LogP contribution is 2.23. The van der Waals surface area contributed by atoms with E-state index in [2.05, 4.69) is 10.3 Å². The molecule has 0 fully saturated rings. The Hall–Kier alpha value is -2.96. The Morgan fingerprint density at radius 2 is 1.86 bits per heavy atom. The minimum absolute atomic E-state index is 0.133. The quantitative estimate of drug-likeness (QED) is 0.411. The first kappa shape index (κ1) is 24.1. The van der Waals surface area contributed by atoms with E-state index in [1.54, 1.807) is 31.2 Å². The largest absolute Gasteiger partial charge is 0.465 e. The second kappa shape index (κ2) is 11.1. The summed E-state index contributed by atoms with van der Waals surface area (Å²) in [5.41, 5.74) is 7.06. The minimum atomic E-state index is -3.92. The van der Waals surface area contributed by atoms with E-state index in [1.165, 1.54) is 12.1 Å². The van der Waals surface area contributed by atoms with Crippen LogP contribution in [0.4, 0.5) is 26.5 Å². The number of hydrogen-bond acceptors (Lipinski definition) is 7. The molecule has 2 rings (SSSR count). The van der Waals surface area contributed by atoms with E-state index < -0.39 is 28.6 Å². The predicted molar refractivity (Wildman–Crippen MR) is 107 cm³/mol. The highest BCUT2D eigenvalue weighted by atomic mass is 32.2. The van der Waals surface area contributed by atoms with Crippen molar-refractivity contribution in [2.24, 2.45) is 0 Å². The van der Waals surface area contributed by atoms with Gasteiger partial charge in [0.15, 0.2) is 0 Å². The average Bonchev–Trinajstić information content (AvgIpc) is 2.63. The van der Waals surface area contributed by atoms with Gasteiger partial charge in [0.2, 0.25) is 0 Å². The van der Waals surface area contributed by atoms with Crippen molar-refractivity contribution in [1.82, 2.24) is 4.98 Å². The Bertz CT molecular complexity index is 909. The van der Waals surface area contributed by atoms with Gasteiger partial charge in [0.1, 0.15) is 17.5 Å². The van der Waals surface area contributed by atoms with E-state index in [-0.39, 0.29) is 18.2 Å². The smallest absolute Gasteiger partial charge is 0.411 e. The predicted octanol–water partition coefficient (Wildman–Crippen LogP) is 1.79. The SMILES string of the molecule is CCN(C(=O)O)c1ccc(NCc2ccc(F)cc2)nc1N.O=S(=O)(O)CCO. The molecule has 0 saturated carbocycles. The molecule has 10 nitrogen and oxygen atoms in total. The van der Waals surface area contributed by atoms with Gasteiger partial charge in [-0.25, -0.2) is 14.2 Å². The molecule has 0 unspecified atom stereocenters. The molecule has 6 N–H and O–H groups in total. The van der Waals surface area contributed by atoms with Gasteiger partial charge in [0.25, 0.3) is 10.1 Å². The summed E-state index contributed by atoms with van der Waals surface area (Å²) >= 11 is 0. The third-order valence-electron chi connectivity index (χ3n) is 3.48. The molecule has 160 valence electrons. The van der Waals surface area contributed by atoms with Crippen molar-refractivity contribution in [2.75, 3.05) is 34.9 Å². The van der Waals surface area contributed by atoms with E-state index >= 15 is 0 Å². The van der Waals surface area contributed by atoms with Crippen LogP contribution in [0.1, 0.15) is 12.5 Å². The number of carbonyl (C=O) groups is 1. The van der Waals surface area contributed by atoms with Crippen LogP contribution in [-0.2, 0) is 16.7 Å². The van der Waals surface area contributed by atoms with E-state index in [4.69, 9.17) is 20.5 Å². The molecule has 2 aromatic rings. The Kier molecular flexibility index (Phi) is 9.25. The van der Waals surface area contributed by atoms with Crippen LogP contribution in [0.3, 0.4) is 0 Å². The lowest BCUT2D eigenvalue weighted by Crippen LogP contribution is -2.29. The molecule has 0 aliphatic carbocycles. The van der Waals surface area contributed by atoms with Crippen molar-refractivity contribution in [3.05, 3.63) is 47.8 Å². The zero-order chi connectivity index (χ0) is 22.0. The first-order chi connectivity index (χ1) is 13.6. The topological polar surface area (TPSA) is 166 Å². The molecule has 0 bridgehead atoms. The molecule has 1 aromatic heterocycles. The number of aliphatic hydroxyl groups excluding tert-OH is 1. The fourth-order valence-electron chi connectivity index (χ4n) is 2.11. The van der Waals surface area contributed by atoms with Gasteiger partial charge < -0.3 is 21.3 Å². The Morgan fingerprint density at radius 1 is 1.24 bits per heavy atom. The summed E-state index contributed by atoms with van der Waals surface area (Å²) in [4.78, 5) is 16.4. The number of aromatic nitrogens is 1. The summed E-state index contributed by atoms with van der Waals surface area (Å²) in [7, 11) is -3.92. The Balaban J connectivity index is 0.000000516.